The van der Waals surface area contributed by atoms with Crippen LogP contribution in [0.15, 0.2) is 0 Å². The second-order valence-corrected chi connectivity index (χ2v) is 5.30. The van der Waals surface area contributed by atoms with Gasteiger partial charge >= 0.3 is 0 Å². The fraction of sp³-hybridized carbons (Fsp3) is 0.846. The number of rotatable bonds is 4. The molecule has 0 aromatic carbocycles. The Morgan fingerprint density at radius 3 is 2.71 bits per heavy atom. The van der Waals surface area contributed by atoms with Crippen molar-refractivity contribution < 1.29 is 14.3 Å². The van der Waals surface area contributed by atoms with Crippen molar-refractivity contribution in [1.82, 2.24) is 4.90 Å². The van der Waals surface area contributed by atoms with Crippen LogP contribution in [0.25, 0.3) is 0 Å². The molecule has 0 radical (unpaired) electrons. The van der Waals surface area contributed by atoms with E-state index in [0.29, 0.717) is 31.7 Å². The first-order valence-electron chi connectivity index (χ1n) is 6.25. The minimum atomic E-state index is -0.430. The van der Waals surface area contributed by atoms with Crippen LogP contribution in [0.5, 0.6) is 0 Å². The number of hydrogen-bond acceptors (Lipinski definition) is 3. The molecule has 1 aliphatic heterocycles. The van der Waals surface area contributed by atoms with E-state index in [0.717, 1.165) is 6.42 Å². The number of Topliss-reactive ketones (excluding diaryl/α,β-unsaturated/α-hetero) is 1. The van der Waals surface area contributed by atoms with E-state index in [2.05, 4.69) is 0 Å². The predicted octanol–water partition coefficient (Wildman–Crippen LogP) is 1.63. The van der Waals surface area contributed by atoms with Crippen LogP contribution in [-0.2, 0) is 14.3 Å². The lowest BCUT2D eigenvalue weighted by Crippen LogP contribution is -2.46. The molecule has 98 valence electrons. The highest BCUT2D eigenvalue weighted by molar-refractivity contribution is 5.85. The van der Waals surface area contributed by atoms with Gasteiger partial charge in [0.05, 0.1) is 12.0 Å². The highest BCUT2D eigenvalue weighted by Crippen LogP contribution is 2.20. The molecule has 0 aromatic rings. The zero-order chi connectivity index (χ0) is 13.1. The SMILES string of the molecule is CCC1CN(C(=O)CC(C)(C)OC)CCC1=O. The zero-order valence-electron chi connectivity index (χ0n) is 11.3. The van der Waals surface area contributed by atoms with Crippen LogP contribution in [0.2, 0.25) is 0 Å². The summed E-state index contributed by atoms with van der Waals surface area (Å²) in [4.78, 5) is 25.4. The van der Waals surface area contributed by atoms with Gasteiger partial charge in [0.1, 0.15) is 5.78 Å². The summed E-state index contributed by atoms with van der Waals surface area (Å²) in [6.45, 7) is 6.94. The minimum Gasteiger partial charge on any atom is -0.378 e. The molecule has 0 N–H and O–H groups in total. The maximum atomic E-state index is 12.1. The van der Waals surface area contributed by atoms with Gasteiger partial charge in [-0.3, -0.25) is 9.59 Å². The summed E-state index contributed by atoms with van der Waals surface area (Å²) in [5, 5.41) is 0. The minimum absolute atomic E-state index is 0.0263. The van der Waals surface area contributed by atoms with Crippen LogP contribution in [0.4, 0.5) is 0 Å². The van der Waals surface area contributed by atoms with E-state index < -0.39 is 5.60 Å². The third-order valence-electron chi connectivity index (χ3n) is 3.50. The first kappa shape index (κ1) is 14.2. The summed E-state index contributed by atoms with van der Waals surface area (Å²) < 4.78 is 5.26. The van der Waals surface area contributed by atoms with Crippen LogP contribution in [0.3, 0.4) is 0 Å². The van der Waals surface area contributed by atoms with Gasteiger partial charge < -0.3 is 9.64 Å². The number of nitrogens with zero attached hydrogens (tertiary/aromatic N) is 1. The van der Waals surface area contributed by atoms with E-state index in [-0.39, 0.29) is 11.8 Å². The van der Waals surface area contributed by atoms with Crippen molar-refractivity contribution in [1.29, 1.82) is 0 Å². The first-order valence-corrected chi connectivity index (χ1v) is 6.25. The second-order valence-electron chi connectivity index (χ2n) is 5.30. The molecule has 1 saturated heterocycles. The van der Waals surface area contributed by atoms with Crippen molar-refractivity contribution in [3.63, 3.8) is 0 Å². The number of carbonyl (C=O) groups excluding carboxylic acids is 2. The molecule has 1 aliphatic rings. The molecule has 0 spiro atoms. The molecular weight excluding hydrogens is 218 g/mol. The maximum Gasteiger partial charge on any atom is 0.225 e. The van der Waals surface area contributed by atoms with E-state index in [1.165, 1.54) is 0 Å². The van der Waals surface area contributed by atoms with Crippen molar-refractivity contribution in [2.75, 3.05) is 20.2 Å². The average molecular weight is 241 g/mol. The lowest BCUT2D eigenvalue weighted by molar-refractivity contribution is -0.141. The van der Waals surface area contributed by atoms with Gasteiger partial charge in [-0.1, -0.05) is 6.92 Å². The summed E-state index contributed by atoms with van der Waals surface area (Å²) in [7, 11) is 1.61. The Labute approximate surface area is 103 Å². The van der Waals surface area contributed by atoms with Crippen LogP contribution in [0, 0.1) is 5.92 Å². The molecule has 0 bridgehead atoms. The molecule has 1 unspecified atom stereocenters. The van der Waals surface area contributed by atoms with Crippen LogP contribution in [-0.4, -0.2) is 42.4 Å². The van der Waals surface area contributed by atoms with E-state index in [9.17, 15) is 9.59 Å². The monoisotopic (exact) mass is 241 g/mol. The van der Waals surface area contributed by atoms with Gasteiger partial charge in [-0.15, -0.1) is 0 Å². The molecule has 0 saturated carbocycles. The lowest BCUT2D eigenvalue weighted by atomic mass is 9.93. The number of amides is 1. The Hall–Kier alpha value is -0.900. The van der Waals surface area contributed by atoms with Crippen molar-refractivity contribution in [3.05, 3.63) is 0 Å². The molecule has 4 nitrogen and oxygen atoms in total. The summed E-state index contributed by atoms with van der Waals surface area (Å²) in [6, 6.07) is 0. The third kappa shape index (κ3) is 3.80. The topological polar surface area (TPSA) is 46.6 Å². The predicted molar refractivity (Wildman–Crippen MR) is 65.7 cm³/mol. The molecule has 1 heterocycles. The van der Waals surface area contributed by atoms with Gasteiger partial charge in [-0.2, -0.15) is 0 Å². The molecular formula is C13H23NO3. The summed E-state index contributed by atoms with van der Waals surface area (Å²) in [6.07, 6.45) is 1.68. The number of ketones is 1. The van der Waals surface area contributed by atoms with Crippen molar-refractivity contribution in [2.24, 2.45) is 5.92 Å². The molecule has 1 atom stereocenters. The average Bonchev–Trinajstić information content (AvgIpc) is 2.29. The third-order valence-corrected chi connectivity index (χ3v) is 3.50. The largest absolute Gasteiger partial charge is 0.378 e. The fourth-order valence-electron chi connectivity index (χ4n) is 2.04. The number of methoxy groups -OCH3 is 1. The van der Waals surface area contributed by atoms with Crippen molar-refractivity contribution in [2.45, 2.75) is 45.6 Å². The molecule has 1 amide bonds. The number of carbonyl (C=O) groups is 2. The standard InChI is InChI=1S/C13H23NO3/c1-5-10-9-14(7-6-11(10)15)12(16)8-13(2,3)17-4/h10H,5-9H2,1-4H3. The molecule has 0 aliphatic carbocycles. The van der Waals surface area contributed by atoms with Gasteiger partial charge in [0, 0.05) is 32.5 Å². The first-order chi connectivity index (χ1) is 7.89. The van der Waals surface area contributed by atoms with Gasteiger partial charge in [0.2, 0.25) is 5.91 Å². The van der Waals surface area contributed by atoms with E-state index >= 15 is 0 Å². The Morgan fingerprint density at radius 2 is 2.18 bits per heavy atom. The van der Waals surface area contributed by atoms with Crippen LogP contribution < -0.4 is 0 Å². The van der Waals surface area contributed by atoms with Gasteiger partial charge in [-0.05, 0) is 20.3 Å². The normalized spacial score (nSPS) is 21.8. The van der Waals surface area contributed by atoms with Crippen LogP contribution in [0.1, 0.15) is 40.0 Å². The Morgan fingerprint density at radius 1 is 1.53 bits per heavy atom. The molecule has 4 heteroatoms. The lowest BCUT2D eigenvalue weighted by Gasteiger charge is -2.33. The van der Waals surface area contributed by atoms with E-state index in [1.54, 1.807) is 12.0 Å². The van der Waals surface area contributed by atoms with Gasteiger partial charge in [0.25, 0.3) is 0 Å². The number of ether oxygens (including phenoxy) is 1. The number of piperidine rings is 1. The zero-order valence-corrected chi connectivity index (χ0v) is 11.3. The summed E-state index contributed by atoms with van der Waals surface area (Å²) >= 11 is 0. The summed E-state index contributed by atoms with van der Waals surface area (Å²) in [5.74, 6) is 0.406. The second kappa shape index (κ2) is 5.63. The fourth-order valence-corrected chi connectivity index (χ4v) is 2.04. The molecule has 17 heavy (non-hydrogen) atoms. The van der Waals surface area contributed by atoms with E-state index in [4.69, 9.17) is 4.74 Å². The van der Waals surface area contributed by atoms with E-state index in [1.807, 2.05) is 20.8 Å². The number of hydrogen-bond donors (Lipinski definition) is 0. The Kier molecular flexibility index (Phi) is 4.69. The highest BCUT2D eigenvalue weighted by atomic mass is 16.5. The Balaban J connectivity index is 2.56. The van der Waals surface area contributed by atoms with Crippen LogP contribution >= 0.6 is 0 Å². The highest BCUT2D eigenvalue weighted by Gasteiger charge is 2.31. The molecule has 1 fully saturated rings. The smallest absolute Gasteiger partial charge is 0.225 e. The maximum absolute atomic E-state index is 12.1. The van der Waals surface area contributed by atoms with Crippen molar-refractivity contribution >= 4 is 11.7 Å². The molecule has 1 rings (SSSR count). The van der Waals surface area contributed by atoms with Gasteiger partial charge in [-0.25, -0.2) is 0 Å². The number of likely N-dealkylation sites (tertiary alicyclic amines) is 1. The quantitative estimate of drug-likeness (QED) is 0.751. The van der Waals surface area contributed by atoms with Crippen molar-refractivity contribution in [3.8, 4) is 0 Å². The Bertz CT molecular complexity index is 299. The van der Waals surface area contributed by atoms with Gasteiger partial charge in [0.15, 0.2) is 0 Å². The molecule has 0 aromatic heterocycles. The summed E-state index contributed by atoms with van der Waals surface area (Å²) in [5.41, 5.74) is -0.430.